The molecule has 29 heavy (non-hydrogen) atoms. The molecule has 160 valence electrons. The van der Waals surface area contributed by atoms with Crippen molar-refractivity contribution in [1.82, 2.24) is 20.0 Å². The molecule has 1 aromatic rings. The Morgan fingerprint density at radius 3 is 2.17 bits per heavy atom. The highest BCUT2D eigenvalue weighted by atomic mass is 16.2. The molecule has 1 atom stereocenters. The van der Waals surface area contributed by atoms with Crippen LogP contribution in [0.15, 0.2) is 30.3 Å². The van der Waals surface area contributed by atoms with Crippen molar-refractivity contribution in [3.05, 3.63) is 35.9 Å². The van der Waals surface area contributed by atoms with Crippen LogP contribution >= 0.6 is 0 Å². The number of hydrogen-bond donors (Lipinski definition) is 1. The van der Waals surface area contributed by atoms with Crippen molar-refractivity contribution in [1.29, 1.82) is 0 Å². The fourth-order valence-electron chi connectivity index (χ4n) is 4.16. The van der Waals surface area contributed by atoms with Gasteiger partial charge in [0.25, 0.3) is 0 Å². The second-order valence-corrected chi connectivity index (χ2v) is 8.49. The summed E-state index contributed by atoms with van der Waals surface area (Å²) in [7, 11) is 0. The van der Waals surface area contributed by atoms with Crippen LogP contribution in [0, 0.1) is 0 Å². The molecular weight excluding hydrogens is 364 g/mol. The fraction of sp³-hybridized carbons (Fsp3) is 0.652. The third-order valence-electron chi connectivity index (χ3n) is 6.02. The Kier molecular flexibility index (Phi) is 8.50. The number of rotatable bonds is 8. The minimum absolute atomic E-state index is 0.100. The van der Waals surface area contributed by atoms with Crippen LogP contribution in [0.4, 0.5) is 0 Å². The summed E-state index contributed by atoms with van der Waals surface area (Å²) in [5.41, 5.74) is 1.31. The molecule has 0 radical (unpaired) electrons. The largest absolute Gasteiger partial charge is 0.353 e. The van der Waals surface area contributed by atoms with E-state index in [0.29, 0.717) is 13.1 Å². The Morgan fingerprint density at radius 1 is 0.897 bits per heavy atom. The van der Waals surface area contributed by atoms with Gasteiger partial charge in [0.2, 0.25) is 11.8 Å². The molecular formula is C23H36N4O2. The molecule has 1 N–H and O–H groups in total. The van der Waals surface area contributed by atoms with Gasteiger partial charge >= 0.3 is 0 Å². The summed E-state index contributed by atoms with van der Waals surface area (Å²) in [6, 6.07) is 10.6. The third-order valence-corrected chi connectivity index (χ3v) is 6.02. The average Bonchev–Trinajstić information content (AvgIpc) is 2.75. The molecule has 0 spiro atoms. The van der Waals surface area contributed by atoms with Crippen LogP contribution in [0.2, 0.25) is 0 Å². The highest BCUT2D eigenvalue weighted by Gasteiger charge is 2.23. The van der Waals surface area contributed by atoms with E-state index >= 15 is 0 Å². The summed E-state index contributed by atoms with van der Waals surface area (Å²) >= 11 is 0. The van der Waals surface area contributed by atoms with E-state index in [2.05, 4.69) is 46.3 Å². The van der Waals surface area contributed by atoms with E-state index in [1.165, 1.54) is 12.0 Å². The summed E-state index contributed by atoms with van der Waals surface area (Å²) in [6.45, 7) is 8.29. The predicted octanol–water partition coefficient (Wildman–Crippen LogP) is 1.75. The average molecular weight is 401 g/mol. The van der Waals surface area contributed by atoms with Crippen molar-refractivity contribution >= 4 is 11.8 Å². The first kappa shape index (κ1) is 21.8. The monoisotopic (exact) mass is 400 g/mol. The maximum atomic E-state index is 12.4. The molecule has 2 heterocycles. The number of benzene rings is 1. The highest BCUT2D eigenvalue weighted by Crippen LogP contribution is 2.10. The van der Waals surface area contributed by atoms with E-state index in [4.69, 9.17) is 0 Å². The van der Waals surface area contributed by atoms with Gasteiger partial charge in [-0.25, -0.2) is 0 Å². The summed E-state index contributed by atoms with van der Waals surface area (Å²) in [5, 5.41) is 3.13. The Labute approximate surface area is 175 Å². The quantitative estimate of drug-likeness (QED) is 0.722. The second kappa shape index (κ2) is 11.3. The molecule has 6 nitrogen and oxygen atoms in total. The molecule has 1 unspecified atom stereocenters. The van der Waals surface area contributed by atoms with Gasteiger partial charge in [-0.15, -0.1) is 0 Å². The van der Waals surface area contributed by atoms with Crippen LogP contribution < -0.4 is 5.32 Å². The summed E-state index contributed by atoms with van der Waals surface area (Å²) in [5.74, 6) is 0.367. The van der Waals surface area contributed by atoms with Crippen molar-refractivity contribution < 1.29 is 9.59 Å². The standard InChI is InChI=1S/C23H36N4O2/c1-20(10-11-21-8-4-2-5-9-21)24-22(28)18-25-14-16-26(17-15-25)19-23(29)27-12-6-3-7-13-27/h2,4-5,8-9,20H,3,6-7,10-19H2,1H3,(H,24,28). The van der Waals surface area contributed by atoms with Gasteiger partial charge in [-0.3, -0.25) is 19.4 Å². The van der Waals surface area contributed by atoms with Gasteiger partial charge in [-0.2, -0.15) is 0 Å². The maximum Gasteiger partial charge on any atom is 0.236 e. The van der Waals surface area contributed by atoms with Gasteiger partial charge in [0.05, 0.1) is 13.1 Å². The number of hydrogen-bond acceptors (Lipinski definition) is 4. The number of nitrogens with one attached hydrogen (secondary N) is 1. The summed E-state index contributed by atoms with van der Waals surface area (Å²) in [4.78, 5) is 31.2. The SMILES string of the molecule is CC(CCc1ccccc1)NC(=O)CN1CCN(CC(=O)N2CCCCC2)CC1. The Bertz CT molecular complexity index is 638. The van der Waals surface area contributed by atoms with E-state index < -0.39 is 0 Å². The van der Waals surface area contributed by atoms with Gasteiger partial charge in [0.1, 0.15) is 0 Å². The van der Waals surface area contributed by atoms with Gasteiger partial charge < -0.3 is 10.2 Å². The molecule has 1 aromatic carbocycles. The first-order chi connectivity index (χ1) is 14.1. The number of carbonyl (C=O) groups excluding carboxylic acids is 2. The van der Waals surface area contributed by atoms with E-state index in [1.54, 1.807) is 0 Å². The number of aryl methyl sites for hydroxylation is 1. The Balaban J connectivity index is 1.30. The third kappa shape index (κ3) is 7.44. The van der Waals surface area contributed by atoms with Gasteiger partial charge in [-0.05, 0) is 44.6 Å². The normalized spacial score (nSPS) is 19.7. The number of nitrogens with zero attached hydrogens (tertiary/aromatic N) is 3. The zero-order chi connectivity index (χ0) is 20.5. The molecule has 2 fully saturated rings. The molecule has 0 aromatic heterocycles. The first-order valence-electron chi connectivity index (χ1n) is 11.2. The molecule has 0 aliphatic carbocycles. The Morgan fingerprint density at radius 2 is 1.52 bits per heavy atom. The van der Waals surface area contributed by atoms with Gasteiger partial charge in [0.15, 0.2) is 0 Å². The van der Waals surface area contributed by atoms with Crippen molar-refractivity contribution in [2.75, 3.05) is 52.4 Å². The van der Waals surface area contributed by atoms with Crippen LogP contribution in [0.25, 0.3) is 0 Å². The lowest BCUT2D eigenvalue weighted by Crippen LogP contribution is -2.52. The maximum absolute atomic E-state index is 12.4. The predicted molar refractivity (Wildman–Crippen MR) is 116 cm³/mol. The molecule has 2 amide bonds. The van der Waals surface area contributed by atoms with Crippen molar-refractivity contribution in [2.45, 2.75) is 45.1 Å². The summed E-state index contributed by atoms with van der Waals surface area (Å²) < 4.78 is 0. The molecule has 3 rings (SSSR count). The minimum atomic E-state index is 0.100. The number of piperidine rings is 1. The van der Waals surface area contributed by atoms with Gasteiger partial charge in [-0.1, -0.05) is 30.3 Å². The lowest BCUT2D eigenvalue weighted by Gasteiger charge is -2.35. The smallest absolute Gasteiger partial charge is 0.236 e. The van der Waals surface area contributed by atoms with E-state index in [9.17, 15) is 9.59 Å². The number of amides is 2. The number of carbonyl (C=O) groups is 2. The van der Waals surface area contributed by atoms with Crippen molar-refractivity contribution in [3.63, 3.8) is 0 Å². The molecule has 6 heteroatoms. The van der Waals surface area contributed by atoms with E-state index in [0.717, 1.165) is 65.0 Å². The van der Waals surface area contributed by atoms with Crippen molar-refractivity contribution in [3.8, 4) is 0 Å². The lowest BCUT2D eigenvalue weighted by atomic mass is 10.1. The van der Waals surface area contributed by atoms with Crippen LogP contribution in [-0.4, -0.2) is 84.9 Å². The minimum Gasteiger partial charge on any atom is -0.353 e. The number of piperazine rings is 1. The van der Waals surface area contributed by atoms with Crippen LogP contribution in [-0.2, 0) is 16.0 Å². The fourth-order valence-corrected chi connectivity index (χ4v) is 4.16. The molecule has 2 aliphatic rings. The van der Waals surface area contributed by atoms with E-state index in [1.807, 2.05) is 11.0 Å². The Hall–Kier alpha value is -1.92. The molecule has 2 aliphatic heterocycles. The molecule has 0 saturated carbocycles. The van der Waals surface area contributed by atoms with Gasteiger partial charge in [0, 0.05) is 45.3 Å². The second-order valence-electron chi connectivity index (χ2n) is 8.49. The lowest BCUT2D eigenvalue weighted by molar-refractivity contribution is -0.134. The zero-order valence-electron chi connectivity index (χ0n) is 17.8. The first-order valence-corrected chi connectivity index (χ1v) is 11.2. The van der Waals surface area contributed by atoms with Crippen LogP contribution in [0.5, 0.6) is 0 Å². The summed E-state index contributed by atoms with van der Waals surface area (Å²) in [6.07, 6.45) is 5.44. The number of likely N-dealkylation sites (tertiary alicyclic amines) is 1. The van der Waals surface area contributed by atoms with E-state index in [-0.39, 0.29) is 17.9 Å². The van der Waals surface area contributed by atoms with Crippen LogP contribution in [0.1, 0.15) is 38.2 Å². The van der Waals surface area contributed by atoms with Crippen LogP contribution in [0.3, 0.4) is 0 Å². The zero-order valence-corrected chi connectivity index (χ0v) is 17.8. The van der Waals surface area contributed by atoms with Crippen molar-refractivity contribution in [2.24, 2.45) is 0 Å². The molecule has 2 saturated heterocycles. The molecule has 0 bridgehead atoms. The topological polar surface area (TPSA) is 55.9 Å². The highest BCUT2D eigenvalue weighted by molar-refractivity contribution is 5.79.